The summed E-state index contributed by atoms with van der Waals surface area (Å²) in [5.41, 5.74) is 3.23. The first-order chi connectivity index (χ1) is 13.2. The largest absolute Gasteiger partial charge is 0.325 e. The van der Waals surface area contributed by atoms with Gasteiger partial charge in [0.1, 0.15) is 0 Å². The van der Waals surface area contributed by atoms with Gasteiger partial charge in [-0.15, -0.1) is 10.2 Å². The predicted octanol–water partition coefficient (Wildman–Crippen LogP) is 4.28. The molecule has 0 spiro atoms. The van der Waals surface area contributed by atoms with Gasteiger partial charge in [-0.05, 0) is 36.4 Å². The molecule has 2 heterocycles. The highest BCUT2D eigenvalue weighted by Gasteiger charge is 2.12. The van der Waals surface area contributed by atoms with Crippen LogP contribution in [0.1, 0.15) is 0 Å². The van der Waals surface area contributed by atoms with Crippen molar-refractivity contribution in [1.82, 2.24) is 19.8 Å². The van der Waals surface area contributed by atoms with E-state index in [9.17, 15) is 4.79 Å². The average molecular weight is 440 g/mol. The van der Waals surface area contributed by atoms with Crippen LogP contribution in [0.3, 0.4) is 0 Å². The van der Waals surface area contributed by atoms with Gasteiger partial charge in [0.25, 0.3) is 0 Å². The Morgan fingerprint density at radius 2 is 1.78 bits per heavy atom. The zero-order valence-electron chi connectivity index (χ0n) is 14.0. The molecule has 0 unspecified atom stereocenters. The summed E-state index contributed by atoms with van der Waals surface area (Å²) in [4.78, 5) is 12.2. The molecule has 0 atom stereocenters. The van der Waals surface area contributed by atoms with E-state index >= 15 is 0 Å². The van der Waals surface area contributed by atoms with Crippen LogP contribution in [0.15, 0.2) is 76.4 Å². The molecule has 4 rings (SSSR count). The van der Waals surface area contributed by atoms with Crippen molar-refractivity contribution in [3.05, 3.63) is 71.2 Å². The maximum absolute atomic E-state index is 12.2. The van der Waals surface area contributed by atoms with Gasteiger partial charge in [0.05, 0.1) is 11.4 Å². The third kappa shape index (κ3) is 4.17. The monoisotopic (exact) mass is 439 g/mol. The molecule has 0 aliphatic heterocycles. The van der Waals surface area contributed by atoms with Gasteiger partial charge in [-0.2, -0.15) is 9.61 Å². The van der Waals surface area contributed by atoms with Crippen molar-refractivity contribution in [2.24, 2.45) is 0 Å². The second-order valence-electron chi connectivity index (χ2n) is 5.68. The molecule has 2 aromatic carbocycles. The fourth-order valence-electron chi connectivity index (χ4n) is 2.48. The third-order valence-electron chi connectivity index (χ3n) is 3.76. The number of aromatic nitrogens is 4. The molecule has 0 saturated carbocycles. The maximum Gasteiger partial charge on any atom is 0.234 e. The van der Waals surface area contributed by atoms with E-state index in [1.54, 1.807) is 4.52 Å². The highest BCUT2D eigenvalue weighted by atomic mass is 79.9. The van der Waals surface area contributed by atoms with E-state index in [-0.39, 0.29) is 11.7 Å². The number of carbonyl (C=O) groups excluding carboxylic acids is 1. The van der Waals surface area contributed by atoms with Crippen LogP contribution in [0.4, 0.5) is 5.69 Å². The minimum Gasteiger partial charge on any atom is -0.325 e. The van der Waals surface area contributed by atoms with Crippen LogP contribution in [-0.2, 0) is 4.79 Å². The van der Waals surface area contributed by atoms with Crippen LogP contribution in [0.25, 0.3) is 16.9 Å². The Morgan fingerprint density at radius 1 is 1.00 bits per heavy atom. The summed E-state index contributed by atoms with van der Waals surface area (Å²) in [5.74, 6) is 0.104. The first-order valence-electron chi connectivity index (χ1n) is 8.15. The molecular weight excluding hydrogens is 426 g/mol. The number of halogens is 1. The standard InChI is InChI=1S/C19H14BrN5OS/c20-14-6-8-15(9-7-14)21-18(26)12-27-19-23-22-17-11-10-16(24-25(17)19)13-4-2-1-3-5-13/h1-11H,12H2,(H,21,26). The lowest BCUT2D eigenvalue weighted by molar-refractivity contribution is -0.113. The molecule has 1 amide bonds. The molecule has 0 saturated heterocycles. The zero-order chi connectivity index (χ0) is 18.6. The Kier molecular flexibility index (Phi) is 5.17. The normalized spacial score (nSPS) is 10.9. The van der Waals surface area contributed by atoms with Crippen LogP contribution in [0, 0.1) is 0 Å². The third-order valence-corrected chi connectivity index (χ3v) is 5.21. The lowest BCUT2D eigenvalue weighted by Crippen LogP contribution is -2.14. The number of thioether (sulfide) groups is 1. The van der Waals surface area contributed by atoms with Gasteiger partial charge in [-0.25, -0.2) is 0 Å². The second kappa shape index (κ2) is 7.89. The number of fused-ring (bicyclic) bond motifs is 1. The molecule has 0 aliphatic rings. The van der Waals surface area contributed by atoms with Crippen LogP contribution < -0.4 is 5.32 Å². The average Bonchev–Trinajstić information content (AvgIpc) is 3.11. The molecule has 27 heavy (non-hydrogen) atoms. The molecule has 0 radical (unpaired) electrons. The molecular formula is C19H14BrN5OS. The van der Waals surface area contributed by atoms with Gasteiger partial charge in [0.2, 0.25) is 11.1 Å². The van der Waals surface area contributed by atoms with E-state index < -0.39 is 0 Å². The molecule has 0 fully saturated rings. The van der Waals surface area contributed by atoms with Gasteiger partial charge in [-0.1, -0.05) is 58.0 Å². The van der Waals surface area contributed by atoms with Crippen molar-refractivity contribution in [3.8, 4) is 11.3 Å². The van der Waals surface area contributed by atoms with E-state index in [1.165, 1.54) is 11.8 Å². The van der Waals surface area contributed by atoms with Gasteiger partial charge in [0.15, 0.2) is 5.65 Å². The molecule has 134 valence electrons. The van der Waals surface area contributed by atoms with E-state index in [1.807, 2.05) is 66.7 Å². The van der Waals surface area contributed by atoms with E-state index in [0.29, 0.717) is 10.8 Å². The summed E-state index contributed by atoms with van der Waals surface area (Å²) in [7, 11) is 0. The van der Waals surface area contributed by atoms with Gasteiger partial charge >= 0.3 is 0 Å². The number of nitrogens with one attached hydrogen (secondary N) is 1. The van der Waals surface area contributed by atoms with Crippen LogP contribution in [0.2, 0.25) is 0 Å². The Labute approximate surface area is 168 Å². The highest BCUT2D eigenvalue weighted by molar-refractivity contribution is 9.10. The number of rotatable bonds is 5. The Hall–Kier alpha value is -2.71. The van der Waals surface area contributed by atoms with Crippen molar-refractivity contribution >= 4 is 44.9 Å². The molecule has 1 N–H and O–H groups in total. The summed E-state index contributed by atoms with van der Waals surface area (Å²) in [6.45, 7) is 0. The molecule has 6 nitrogen and oxygen atoms in total. The fourth-order valence-corrected chi connectivity index (χ4v) is 3.43. The number of carbonyl (C=O) groups is 1. The number of benzene rings is 2. The topological polar surface area (TPSA) is 72.2 Å². The van der Waals surface area contributed by atoms with Crippen molar-refractivity contribution in [2.75, 3.05) is 11.1 Å². The SMILES string of the molecule is O=C(CSc1nnc2ccc(-c3ccccc3)nn12)Nc1ccc(Br)cc1. The minimum atomic E-state index is -0.113. The smallest absolute Gasteiger partial charge is 0.234 e. The Balaban J connectivity index is 1.48. The molecule has 0 bridgehead atoms. The Bertz CT molecular complexity index is 1080. The number of hydrogen-bond donors (Lipinski definition) is 1. The molecule has 8 heteroatoms. The highest BCUT2D eigenvalue weighted by Crippen LogP contribution is 2.21. The summed E-state index contributed by atoms with van der Waals surface area (Å²) in [6, 6.07) is 21.1. The van der Waals surface area contributed by atoms with Gasteiger partial charge in [-0.3, -0.25) is 4.79 Å². The van der Waals surface area contributed by atoms with Crippen LogP contribution in [0.5, 0.6) is 0 Å². The quantitative estimate of drug-likeness (QED) is 0.469. The van der Waals surface area contributed by atoms with Crippen molar-refractivity contribution in [3.63, 3.8) is 0 Å². The van der Waals surface area contributed by atoms with Gasteiger partial charge < -0.3 is 5.32 Å². The van der Waals surface area contributed by atoms with Crippen LogP contribution in [-0.4, -0.2) is 31.5 Å². The lowest BCUT2D eigenvalue weighted by atomic mass is 10.1. The second-order valence-corrected chi connectivity index (χ2v) is 7.54. The Morgan fingerprint density at radius 3 is 2.56 bits per heavy atom. The first kappa shape index (κ1) is 17.7. The van der Waals surface area contributed by atoms with E-state index in [4.69, 9.17) is 0 Å². The lowest BCUT2D eigenvalue weighted by Gasteiger charge is -2.05. The summed E-state index contributed by atoms with van der Waals surface area (Å²) in [6.07, 6.45) is 0. The van der Waals surface area contributed by atoms with Crippen molar-refractivity contribution in [2.45, 2.75) is 5.16 Å². The first-order valence-corrected chi connectivity index (χ1v) is 9.93. The van der Waals surface area contributed by atoms with E-state index in [2.05, 4.69) is 36.5 Å². The fraction of sp³-hybridized carbons (Fsp3) is 0.0526. The maximum atomic E-state index is 12.2. The number of anilines is 1. The van der Waals surface area contributed by atoms with Gasteiger partial charge in [0, 0.05) is 15.7 Å². The molecule has 4 aromatic rings. The number of hydrogen-bond acceptors (Lipinski definition) is 5. The number of amides is 1. The summed E-state index contributed by atoms with van der Waals surface area (Å²) in [5, 5.41) is 16.3. The zero-order valence-corrected chi connectivity index (χ0v) is 16.4. The molecule has 0 aliphatic carbocycles. The summed E-state index contributed by atoms with van der Waals surface area (Å²) < 4.78 is 2.63. The number of nitrogens with zero attached hydrogens (tertiary/aromatic N) is 4. The van der Waals surface area contributed by atoms with Crippen molar-refractivity contribution in [1.29, 1.82) is 0 Å². The predicted molar refractivity (Wildman–Crippen MR) is 110 cm³/mol. The summed E-state index contributed by atoms with van der Waals surface area (Å²) >= 11 is 4.67. The van der Waals surface area contributed by atoms with Crippen LogP contribution >= 0.6 is 27.7 Å². The van der Waals surface area contributed by atoms with E-state index in [0.717, 1.165) is 21.4 Å². The molecule has 2 aromatic heterocycles. The minimum absolute atomic E-state index is 0.113. The van der Waals surface area contributed by atoms with Crippen molar-refractivity contribution < 1.29 is 4.79 Å².